The predicted octanol–water partition coefficient (Wildman–Crippen LogP) is 3.58. The summed E-state index contributed by atoms with van der Waals surface area (Å²) in [6, 6.07) is 15.0. The molecule has 1 heterocycles. The molecule has 1 aromatic heterocycles. The van der Waals surface area contributed by atoms with Gasteiger partial charge in [0.15, 0.2) is 5.69 Å². The molecule has 2 amide bonds. The highest BCUT2D eigenvalue weighted by molar-refractivity contribution is 7.89. The number of nitrogens with zero attached hydrogens (tertiary/aromatic N) is 1. The molecule has 0 spiro atoms. The zero-order valence-electron chi connectivity index (χ0n) is 18.5. The van der Waals surface area contributed by atoms with Crippen LogP contribution in [0.5, 0.6) is 11.5 Å². The highest BCUT2D eigenvalue weighted by Gasteiger charge is 2.16. The number of carbonyl (C=O) groups excluding carboxylic acids is 1. The summed E-state index contributed by atoms with van der Waals surface area (Å²) in [7, 11) is -3.67. The Morgan fingerprint density at radius 1 is 1.03 bits per heavy atom. The average Bonchev–Trinajstić information content (AvgIpc) is 2.78. The van der Waals surface area contributed by atoms with Crippen LogP contribution < -0.4 is 20.1 Å². The summed E-state index contributed by atoms with van der Waals surface area (Å²) in [6.45, 7) is 3.66. The van der Waals surface area contributed by atoms with E-state index in [1.165, 1.54) is 24.4 Å². The minimum absolute atomic E-state index is 0.0549. The summed E-state index contributed by atoms with van der Waals surface area (Å²) in [4.78, 5) is 27.0. The van der Waals surface area contributed by atoms with E-state index in [0.717, 1.165) is 5.56 Å². The second-order valence-electron chi connectivity index (χ2n) is 7.54. The van der Waals surface area contributed by atoms with Crippen molar-refractivity contribution < 1.29 is 27.9 Å². The van der Waals surface area contributed by atoms with Gasteiger partial charge in [-0.2, -0.15) is 0 Å². The Hall–Kier alpha value is -3.96. The fourth-order valence-electron chi connectivity index (χ4n) is 2.88. The normalized spacial score (nSPS) is 11.1. The van der Waals surface area contributed by atoms with E-state index >= 15 is 0 Å². The minimum Gasteiger partial charge on any atom is -0.477 e. The summed E-state index contributed by atoms with van der Waals surface area (Å²) in [5.41, 5.74) is 1.01. The maximum atomic E-state index is 12.3. The average molecular weight is 485 g/mol. The van der Waals surface area contributed by atoms with Crippen molar-refractivity contribution in [2.45, 2.75) is 31.3 Å². The van der Waals surface area contributed by atoms with E-state index < -0.39 is 22.0 Å². The van der Waals surface area contributed by atoms with Gasteiger partial charge in [-0.05, 0) is 55.8 Å². The Morgan fingerprint density at radius 2 is 1.76 bits per heavy atom. The number of pyridine rings is 1. The van der Waals surface area contributed by atoms with Crippen molar-refractivity contribution in [3.63, 3.8) is 0 Å². The summed E-state index contributed by atoms with van der Waals surface area (Å²) < 4.78 is 32.7. The first kappa shape index (κ1) is 24.7. The Labute approximate surface area is 197 Å². The number of anilines is 1. The molecule has 0 aliphatic carbocycles. The van der Waals surface area contributed by atoms with Gasteiger partial charge in [0.2, 0.25) is 10.0 Å². The number of aromatic carboxylic acids is 1. The highest BCUT2D eigenvalue weighted by Crippen LogP contribution is 2.22. The van der Waals surface area contributed by atoms with Crippen molar-refractivity contribution in [3.8, 4) is 11.5 Å². The van der Waals surface area contributed by atoms with Gasteiger partial charge in [-0.25, -0.2) is 27.7 Å². The SMILES string of the molecule is CC(C)NS(=O)(=O)c1cccc(NC(=O)NCc2ccc(Oc3ccnc(C(=O)O)c3)cc2)c1. The second kappa shape index (κ2) is 10.8. The summed E-state index contributed by atoms with van der Waals surface area (Å²) in [5, 5.41) is 14.3. The quantitative estimate of drug-likeness (QED) is 0.363. The van der Waals surface area contributed by atoms with Crippen molar-refractivity contribution in [3.05, 3.63) is 78.1 Å². The molecule has 2 aromatic carbocycles. The molecule has 178 valence electrons. The molecule has 0 saturated heterocycles. The zero-order chi connectivity index (χ0) is 24.7. The molecule has 0 atom stereocenters. The molecular formula is C23H24N4O6S. The highest BCUT2D eigenvalue weighted by atomic mass is 32.2. The lowest BCUT2D eigenvalue weighted by Crippen LogP contribution is -2.30. The molecule has 0 unspecified atom stereocenters. The van der Waals surface area contributed by atoms with Gasteiger partial charge >= 0.3 is 12.0 Å². The van der Waals surface area contributed by atoms with Crippen molar-refractivity contribution in [1.29, 1.82) is 0 Å². The minimum atomic E-state index is -3.67. The van der Waals surface area contributed by atoms with Gasteiger partial charge in [-0.1, -0.05) is 18.2 Å². The summed E-state index contributed by atoms with van der Waals surface area (Å²) >= 11 is 0. The maximum absolute atomic E-state index is 12.3. The molecule has 3 rings (SSSR count). The molecule has 11 heteroatoms. The lowest BCUT2D eigenvalue weighted by atomic mass is 10.2. The van der Waals surface area contributed by atoms with Crippen LogP contribution in [0.15, 0.2) is 71.8 Å². The number of amides is 2. The number of carboxylic acid groups (broad SMARTS) is 1. The molecule has 0 aliphatic rings. The smallest absolute Gasteiger partial charge is 0.354 e. The monoisotopic (exact) mass is 484 g/mol. The van der Waals surface area contributed by atoms with E-state index in [0.29, 0.717) is 17.2 Å². The first-order chi connectivity index (χ1) is 16.1. The Kier molecular flexibility index (Phi) is 7.82. The second-order valence-corrected chi connectivity index (χ2v) is 9.25. The number of carbonyl (C=O) groups is 2. The van der Waals surface area contributed by atoms with Crippen molar-refractivity contribution in [2.24, 2.45) is 0 Å². The molecule has 0 aliphatic heterocycles. The first-order valence-electron chi connectivity index (χ1n) is 10.3. The van der Waals surface area contributed by atoms with Gasteiger partial charge in [0, 0.05) is 30.5 Å². The zero-order valence-corrected chi connectivity index (χ0v) is 19.3. The van der Waals surface area contributed by atoms with E-state index in [-0.39, 0.29) is 23.2 Å². The van der Waals surface area contributed by atoms with Crippen LogP contribution in [0.2, 0.25) is 0 Å². The molecule has 4 N–H and O–H groups in total. The van der Waals surface area contributed by atoms with Crippen LogP contribution in [0.3, 0.4) is 0 Å². The van der Waals surface area contributed by atoms with Gasteiger partial charge in [-0.15, -0.1) is 0 Å². The van der Waals surface area contributed by atoms with Crippen LogP contribution in [-0.4, -0.2) is 36.6 Å². The number of benzene rings is 2. The van der Waals surface area contributed by atoms with E-state index in [1.807, 2.05) is 0 Å². The number of hydrogen-bond acceptors (Lipinski definition) is 6. The maximum Gasteiger partial charge on any atom is 0.354 e. The topological polar surface area (TPSA) is 147 Å². The first-order valence-corrected chi connectivity index (χ1v) is 11.7. The fourth-order valence-corrected chi connectivity index (χ4v) is 4.18. The summed E-state index contributed by atoms with van der Waals surface area (Å²) in [5.74, 6) is -0.319. The number of urea groups is 1. The molecule has 3 aromatic rings. The van der Waals surface area contributed by atoms with E-state index in [4.69, 9.17) is 9.84 Å². The number of ether oxygens (including phenoxy) is 1. The molecule has 0 saturated carbocycles. The largest absolute Gasteiger partial charge is 0.477 e. The Balaban J connectivity index is 1.55. The van der Waals surface area contributed by atoms with E-state index in [1.54, 1.807) is 56.3 Å². The molecule has 0 radical (unpaired) electrons. The van der Waals surface area contributed by atoms with Crippen molar-refractivity contribution in [1.82, 2.24) is 15.0 Å². The van der Waals surface area contributed by atoms with Gasteiger partial charge in [0.05, 0.1) is 4.90 Å². The van der Waals surface area contributed by atoms with Crippen LogP contribution in [0.25, 0.3) is 0 Å². The van der Waals surface area contributed by atoms with Gasteiger partial charge in [-0.3, -0.25) is 0 Å². The van der Waals surface area contributed by atoms with Crippen molar-refractivity contribution >= 4 is 27.7 Å². The lowest BCUT2D eigenvalue weighted by molar-refractivity contribution is 0.0690. The number of carboxylic acids is 1. The standard InChI is InChI=1S/C23H24N4O6S/c1-15(2)27-34(31,32)20-5-3-4-17(12-20)26-23(30)25-14-16-6-8-18(9-7-16)33-19-10-11-24-21(13-19)22(28)29/h3-13,15,27H,14H2,1-2H3,(H,28,29)(H2,25,26,30). The number of aromatic nitrogens is 1. The van der Waals surface area contributed by atoms with E-state index in [2.05, 4.69) is 20.3 Å². The third kappa shape index (κ3) is 7.02. The summed E-state index contributed by atoms with van der Waals surface area (Å²) in [6.07, 6.45) is 1.35. The van der Waals surface area contributed by atoms with Gasteiger partial charge < -0.3 is 20.5 Å². The Morgan fingerprint density at radius 3 is 2.44 bits per heavy atom. The van der Waals surface area contributed by atoms with Gasteiger partial charge in [0.25, 0.3) is 0 Å². The van der Waals surface area contributed by atoms with Crippen LogP contribution in [0.4, 0.5) is 10.5 Å². The number of nitrogens with one attached hydrogen (secondary N) is 3. The molecule has 0 bridgehead atoms. The fraction of sp³-hybridized carbons (Fsp3) is 0.174. The molecule has 0 fully saturated rings. The van der Waals surface area contributed by atoms with Crippen LogP contribution in [-0.2, 0) is 16.6 Å². The third-order valence-electron chi connectivity index (χ3n) is 4.36. The third-order valence-corrected chi connectivity index (χ3v) is 6.01. The van der Waals surface area contributed by atoms with Crippen molar-refractivity contribution in [2.75, 3.05) is 5.32 Å². The molecule has 10 nitrogen and oxygen atoms in total. The van der Waals surface area contributed by atoms with Gasteiger partial charge in [0.1, 0.15) is 11.5 Å². The van der Waals surface area contributed by atoms with Crippen LogP contribution in [0.1, 0.15) is 29.9 Å². The number of rotatable bonds is 9. The lowest BCUT2D eigenvalue weighted by Gasteiger charge is -2.12. The Bertz CT molecular complexity index is 1280. The van der Waals surface area contributed by atoms with Crippen LogP contribution >= 0.6 is 0 Å². The van der Waals surface area contributed by atoms with E-state index in [9.17, 15) is 18.0 Å². The molecule has 34 heavy (non-hydrogen) atoms. The predicted molar refractivity (Wildman–Crippen MR) is 125 cm³/mol. The number of hydrogen-bond donors (Lipinski definition) is 4. The van der Waals surface area contributed by atoms with Crippen LogP contribution in [0, 0.1) is 0 Å². The number of sulfonamides is 1. The molecular weight excluding hydrogens is 460 g/mol.